The molecule has 13 heavy (non-hydrogen) atoms. The largest absolute Gasteiger partial charge is 0.327 e. The number of nitrogens with two attached hydrogens (primary N) is 1. The SMILES string of the molecule is NCC=Cc1c(F)ccc(F)c1Cl. The molecule has 0 amide bonds. The van der Waals surface area contributed by atoms with Gasteiger partial charge in [-0.25, -0.2) is 8.78 Å². The zero-order chi connectivity index (χ0) is 9.84. The van der Waals surface area contributed by atoms with Gasteiger partial charge in [0.05, 0.1) is 5.02 Å². The van der Waals surface area contributed by atoms with E-state index in [9.17, 15) is 8.78 Å². The Morgan fingerprint density at radius 3 is 2.54 bits per heavy atom. The van der Waals surface area contributed by atoms with Gasteiger partial charge in [0.15, 0.2) is 0 Å². The Morgan fingerprint density at radius 1 is 1.31 bits per heavy atom. The maximum Gasteiger partial charge on any atom is 0.142 e. The minimum Gasteiger partial charge on any atom is -0.327 e. The van der Waals surface area contributed by atoms with Gasteiger partial charge in [-0.15, -0.1) is 0 Å². The fourth-order valence-electron chi connectivity index (χ4n) is 0.881. The first-order chi connectivity index (χ1) is 6.16. The van der Waals surface area contributed by atoms with Crippen molar-refractivity contribution in [1.82, 2.24) is 0 Å². The fraction of sp³-hybridized carbons (Fsp3) is 0.111. The van der Waals surface area contributed by atoms with Crippen LogP contribution in [0.15, 0.2) is 18.2 Å². The van der Waals surface area contributed by atoms with E-state index in [1.54, 1.807) is 0 Å². The standard InChI is InChI=1S/C9H8ClF2N/c10-9-6(2-1-5-13)7(11)3-4-8(9)12/h1-4H,5,13H2. The molecule has 0 aliphatic heterocycles. The van der Waals surface area contributed by atoms with Crippen molar-refractivity contribution in [3.63, 3.8) is 0 Å². The summed E-state index contributed by atoms with van der Waals surface area (Å²) < 4.78 is 25.8. The van der Waals surface area contributed by atoms with E-state index < -0.39 is 11.6 Å². The molecule has 4 heteroatoms. The van der Waals surface area contributed by atoms with Crippen LogP contribution in [0.2, 0.25) is 5.02 Å². The van der Waals surface area contributed by atoms with Crippen LogP contribution in [0, 0.1) is 11.6 Å². The second-order valence-electron chi connectivity index (χ2n) is 2.39. The van der Waals surface area contributed by atoms with Crippen LogP contribution in [0.25, 0.3) is 6.08 Å². The lowest BCUT2D eigenvalue weighted by Gasteiger charge is -2.00. The molecule has 1 nitrogen and oxygen atoms in total. The predicted octanol–water partition coefficient (Wildman–Crippen LogP) is 2.59. The molecule has 0 aliphatic rings. The van der Waals surface area contributed by atoms with Gasteiger partial charge in [-0.2, -0.15) is 0 Å². The lowest BCUT2D eigenvalue weighted by atomic mass is 10.2. The minimum absolute atomic E-state index is 0.0344. The van der Waals surface area contributed by atoms with Gasteiger partial charge >= 0.3 is 0 Å². The van der Waals surface area contributed by atoms with Crippen LogP contribution in [0.4, 0.5) is 8.78 Å². The molecule has 1 aromatic carbocycles. The number of hydrogen-bond donors (Lipinski definition) is 1. The van der Waals surface area contributed by atoms with E-state index in [0.717, 1.165) is 12.1 Å². The van der Waals surface area contributed by atoms with E-state index >= 15 is 0 Å². The molecule has 0 aliphatic carbocycles. The molecule has 0 heterocycles. The fourth-order valence-corrected chi connectivity index (χ4v) is 1.10. The zero-order valence-electron chi connectivity index (χ0n) is 6.73. The van der Waals surface area contributed by atoms with Crippen molar-refractivity contribution in [1.29, 1.82) is 0 Å². The second-order valence-corrected chi connectivity index (χ2v) is 2.77. The van der Waals surface area contributed by atoms with Crippen LogP contribution in [0.1, 0.15) is 5.56 Å². The summed E-state index contributed by atoms with van der Waals surface area (Å²) in [6.07, 6.45) is 2.87. The van der Waals surface area contributed by atoms with E-state index in [1.807, 2.05) is 0 Å². The van der Waals surface area contributed by atoms with Crippen molar-refractivity contribution < 1.29 is 8.78 Å². The first-order valence-electron chi connectivity index (χ1n) is 3.67. The Hall–Kier alpha value is -0.930. The number of rotatable bonds is 2. The third kappa shape index (κ3) is 2.26. The van der Waals surface area contributed by atoms with Crippen LogP contribution in [-0.2, 0) is 0 Å². The van der Waals surface area contributed by atoms with Gasteiger partial charge in [0.1, 0.15) is 11.6 Å². The van der Waals surface area contributed by atoms with Crippen LogP contribution >= 0.6 is 11.6 Å². The van der Waals surface area contributed by atoms with Gasteiger partial charge in [-0.1, -0.05) is 23.8 Å². The van der Waals surface area contributed by atoms with Gasteiger partial charge in [-0.3, -0.25) is 0 Å². The Morgan fingerprint density at radius 2 is 1.92 bits per heavy atom. The Bertz CT molecular complexity index is 337. The average molecular weight is 204 g/mol. The summed E-state index contributed by atoms with van der Waals surface area (Å²) in [6.45, 7) is 0.256. The van der Waals surface area contributed by atoms with E-state index in [4.69, 9.17) is 17.3 Å². The van der Waals surface area contributed by atoms with Gasteiger partial charge in [0, 0.05) is 12.1 Å². The highest BCUT2D eigenvalue weighted by atomic mass is 35.5. The number of halogens is 3. The van der Waals surface area contributed by atoms with E-state index in [1.165, 1.54) is 12.2 Å². The molecule has 0 spiro atoms. The van der Waals surface area contributed by atoms with Crippen LogP contribution in [0.5, 0.6) is 0 Å². The van der Waals surface area contributed by atoms with E-state index in [2.05, 4.69) is 0 Å². The molecule has 0 radical (unpaired) electrons. The third-order valence-electron chi connectivity index (χ3n) is 1.50. The minimum atomic E-state index is -0.639. The third-order valence-corrected chi connectivity index (χ3v) is 1.88. The maximum atomic E-state index is 13.0. The smallest absolute Gasteiger partial charge is 0.142 e. The van der Waals surface area contributed by atoms with Crippen molar-refractivity contribution in [3.8, 4) is 0 Å². The molecule has 1 rings (SSSR count). The lowest BCUT2D eigenvalue weighted by Crippen LogP contribution is -1.93. The van der Waals surface area contributed by atoms with Crippen LogP contribution in [0.3, 0.4) is 0 Å². The molecular weight excluding hydrogens is 196 g/mol. The quantitative estimate of drug-likeness (QED) is 0.735. The molecule has 0 fully saturated rings. The van der Waals surface area contributed by atoms with E-state index in [0.29, 0.717) is 0 Å². The number of hydrogen-bond acceptors (Lipinski definition) is 1. The van der Waals surface area contributed by atoms with Gasteiger partial charge < -0.3 is 5.73 Å². The van der Waals surface area contributed by atoms with Crippen molar-refractivity contribution in [3.05, 3.63) is 40.4 Å². The molecule has 1 aromatic rings. The average Bonchev–Trinajstić information content (AvgIpc) is 2.12. The highest BCUT2D eigenvalue weighted by Crippen LogP contribution is 2.23. The Kier molecular flexibility index (Phi) is 3.39. The van der Waals surface area contributed by atoms with Gasteiger partial charge in [0.2, 0.25) is 0 Å². The second kappa shape index (κ2) is 4.35. The van der Waals surface area contributed by atoms with E-state index in [-0.39, 0.29) is 17.1 Å². The summed E-state index contributed by atoms with van der Waals surface area (Å²) in [5, 5.41) is -0.218. The molecule has 70 valence electrons. The molecule has 0 unspecified atom stereocenters. The molecule has 0 bridgehead atoms. The van der Waals surface area contributed by atoms with Gasteiger partial charge in [-0.05, 0) is 12.1 Å². The summed E-state index contributed by atoms with van der Waals surface area (Å²) in [5.74, 6) is -1.20. The van der Waals surface area contributed by atoms with Crippen LogP contribution in [-0.4, -0.2) is 6.54 Å². The summed E-state index contributed by atoms with van der Waals surface area (Å²) in [4.78, 5) is 0. The molecule has 0 saturated carbocycles. The number of benzene rings is 1. The van der Waals surface area contributed by atoms with Crippen molar-refractivity contribution in [2.24, 2.45) is 5.73 Å². The Balaban J connectivity index is 3.17. The monoisotopic (exact) mass is 203 g/mol. The van der Waals surface area contributed by atoms with Crippen molar-refractivity contribution in [2.75, 3.05) is 6.54 Å². The highest BCUT2D eigenvalue weighted by Gasteiger charge is 2.08. The summed E-state index contributed by atoms with van der Waals surface area (Å²) in [5.41, 5.74) is 5.20. The maximum absolute atomic E-state index is 13.0. The predicted molar refractivity (Wildman–Crippen MR) is 49.5 cm³/mol. The normalized spacial score (nSPS) is 11.1. The summed E-state index contributed by atoms with van der Waals surface area (Å²) in [6, 6.07) is 2.01. The molecule has 2 N–H and O–H groups in total. The van der Waals surface area contributed by atoms with Crippen LogP contribution < -0.4 is 5.73 Å². The highest BCUT2D eigenvalue weighted by molar-refractivity contribution is 6.32. The van der Waals surface area contributed by atoms with Crippen molar-refractivity contribution in [2.45, 2.75) is 0 Å². The molecule has 0 atom stereocenters. The lowest BCUT2D eigenvalue weighted by molar-refractivity contribution is 0.598. The first-order valence-corrected chi connectivity index (χ1v) is 4.04. The topological polar surface area (TPSA) is 26.0 Å². The summed E-state index contributed by atoms with van der Waals surface area (Å²) >= 11 is 5.53. The summed E-state index contributed by atoms with van der Waals surface area (Å²) in [7, 11) is 0. The molecular formula is C9H8ClF2N. The first kappa shape index (κ1) is 10.2. The Labute approximate surface area is 79.8 Å². The molecule has 0 aromatic heterocycles. The molecule has 0 saturated heterocycles. The zero-order valence-corrected chi connectivity index (χ0v) is 7.48. The van der Waals surface area contributed by atoms with Gasteiger partial charge in [0.25, 0.3) is 0 Å². The van der Waals surface area contributed by atoms with Crippen molar-refractivity contribution >= 4 is 17.7 Å².